The van der Waals surface area contributed by atoms with Gasteiger partial charge in [-0.3, -0.25) is 4.68 Å². The number of hydrogen-bond acceptors (Lipinski definition) is 3. The molecule has 0 aliphatic carbocycles. The van der Waals surface area contributed by atoms with Crippen molar-refractivity contribution in [2.45, 2.75) is 74.1 Å². The van der Waals surface area contributed by atoms with E-state index < -0.39 is 0 Å². The topological polar surface area (TPSA) is 44.9 Å². The van der Waals surface area contributed by atoms with Crippen LogP contribution in [0.25, 0.3) is 44.4 Å². The standard InChI is InChI=1S/C44H44N4O.Pt/c1-28(2)34-24-35(48-31(5)43(30(4)46-48)33-12-10-9-11-13-33)26-37(25-34)49-36-15-16-38-39-23-32(18-20-44(6,7)8)14-17-40(39)47(41(38)27-36)42-22-29(3)19-21-45-42;/h9-17,19,21-25,28H,18,20H2,1-8H3;/q-2;+2. The van der Waals surface area contributed by atoms with Crippen molar-refractivity contribution in [2.24, 2.45) is 5.41 Å². The van der Waals surface area contributed by atoms with E-state index in [0.29, 0.717) is 11.5 Å². The molecule has 0 spiro atoms. The number of benzene rings is 4. The van der Waals surface area contributed by atoms with Gasteiger partial charge in [-0.05, 0) is 90.9 Å². The number of hydrogen-bond donors (Lipinski definition) is 0. The first-order chi connectivity index (χ1) is 23.4. The van der Waals surface area contributed by atoms with E-state index in [2.05, 4.69) is 139 Å². The molecule has 0 atom stereocenters. The van der Waals surface area contributed by atoms with Crippen LogP contribution in [0.4, 0.5) is 0 Å². The van der Waals surface area contributed by atoms with Crippen LogP contribution in [0.1, 0.15) is 75.0 Å². The summed E-state index contributed by atoms with van der Waals surface area (Å²) < 4.78 is 10.8. The summed E-state index contributed by atoms with van der Waals surface area (Å²) in [6.45, 7) is 17.6. The Hall–Kier alpha value is -4.47. The average Bonchev–Trinajstić information content (AvgIpc) is 3.55. The molecular formula is C44H44N4OPt. The third kappa shape index (κ3) is 7.07. The van der Waals surface area contributed by atoms with Gasteiger partial charge in [0.2, 0.25) is 0 Å². The summed E-state index contributed by atoms with van der Waals surface area (Å²) in [5.41, 5.74) is 11.2. The van der Waals surface area contributed by atoms with E-state index in [1.54, 1.807) is 0 Å². The molecule has 0 saturated heterocycles. The van der Waals surface area contributed by atoms with Crippen LogP contribution in [0.3, 0.4) is 0 Å². The Morgan fingerprint density at radius 1 is 0.820 bits per heavy atom. The van der Waals surface area contributed by atoms with Gasteiger partial charge < -0.3 is 9.30 Å². The van der Waals surface area contributed by atoms with Gasteiger partial charge in [0.1, 0.15) is 5.82 Å². The third-order valence-corrected chi connectivity index (χ3v) is 9.33. The second-order valence-corrected chi connectivity index (χ2v) is 14.8. The summed E-state index contributed by atoms with van der Waals surface area (Å²) >= 11 is 0. The fraction of sp³-hybridized carbons (Fsp3) is 0.273. The molecule has 5 nitrogen and oxygen atoms in total. The van der Waals surface area contributed by atoms with Crippen molar-refractivity contribution in [1.29, 1.82) is 0 Å². The van der Waals surface area contributed by atoms with E-state index in [1.165, 1.54) is 10.9 Å². The number of aromatic nitrogens is 4. The Balaban J connectivity index is 0.00000432. The van der Waals surface area contributed by atoms with Gasteiger partial charge in [0, 0.05) is 34.5 Å². The normalized spacial score (nSPS) is 11.8. The summed E-state index contributed by atoms with van der Waals surface area (Å²) in [5, 5.41) is 7.29. The summed E-state index contributed by atoms with van der Waals surface area (Å²) in [5.74, 6) is 2.41. The van der Waals surface area contributed by atoms with Crippen LogP contribution in [0.5, 0.6) is 11.5 Å². The molecule has 0 fully saturated rings. The largest absolute Gasteiger partial charge is 2.00 e. The van der Waals surface area contributed by atoms with Crippen LogP contribution in [0.2, 0.25) is 0 Å². The van der Waals surface area contributed by atoms with E-state index >= 15 is 0 Å². The first-order valence-electron chi connectivity index (χ1n) is 17.2. The van der Waals surface area contributed by atoms with Crippen LogP contribution in [0.15, 0.2) is 91.1 Å². The van der Waals surface area contributed by atoms with Crippen molar-refractivity contribution in [2.75, 3.05) is 0 Å². The van der Waals surface area contributed by atoms with Crippen molar-refractivity contribution in [1.82, 2.24) is 19.3 Å². The number of rotatable bonds is 8. The minimum Gasteiger partial charge on any atom is -0.509 e. The molecule has 0 amide bonds. The molecule has 0 radical (unpaired) electrons. The monoisotopic (exact) mass is 839 g/mol. The van der Waals surface area contributed by atoms with E-state index in [4.69, 9.17) is 14.8 Å². The Morgan fingerprint density at radius 2 is 1.60 bits per heavy atom. The number of pyridine rings is 1. The quantitative estimate of drug-likeness (QED) is 0.143. The van der Waals surface area contributed by atoms with Crippen LogP contribution in [0, 0.1) is 38.3 Å². The van der Waals surface area contributed by atoms with E-state index in [1.807, 2.05) is 29.1 Å². The number of ether oxygens (including phenoxy) is 1. The van der Waals surface area contributed by atoms with Crippen LogP contribution < -0.4 is 4.74 Å². The molecule has 50 heavy (non-hydrogen) atoms. The molecule has 6 heteroatoms. The van der Waals surface area contributed by atoms with Gasteiger partial charge in [0.15, 0.2) is 0 Å². The maximum absolute atomic E-state index is 6.63. The number of fused-ring (bicyclic) bond motifs is 3. The van der Waals surface area contributed by atoms with E-state index in [-0.39, 0.29) is 32.4 Å². The second kappa shape index (κ2) is 14.0. The molecule has 256 valence electrons. The van der Waals surface area contributed by atoms with Crippen molar-refractivity contribution in [3.63, 3.8) is 0 Å². The van der Waals surface area contributed by atoms with Crippen LogP contribution >= 0.6 is 0 Å². The molecule has 0 saturated carbocycles. The molecule has 7 rings (SSSR count). The zero-order valence-corrected chi connectivity index (χ0v) is 32.4. The summed E-state index contributed by atoms with van der Waals surface area (Å²) in [6.07, 6.45) is 4.03. The molecule has 3 heterocycles. The smallest absolute Gasteiger partial charge is 0.509 e. The average molecular weight is 840 g/mol. The van der Waals surface area contributed by atoms with Crippen molar-refractivity contribution >= 4 is 21.8 Å². The van der Waals surface area contributed by atoms with E-state index in [0.717, 1.165) is 74.4 Å². The zero-order valence-electron chi connectivity index (χ0n) is 30.2. The van der Waals surface area contributed by atoms with Crippen molar-refractivity contribution in [3.8, 4) is 34.1 Å². The number of aryl methyl sites for hydroxylation is 3. The van der Waals surface area contributed by atoms with Gasteiger partial charge >= 0.3 is 21.1 Å². The SMILES string of the molecule is Cc1ccnc(-n2c3[c-]c(Oc4[c-]c(-n5nc(C)c(-c6ccccc6)c5C)cc(C(C)C)c4)ccc3c3cc(CCC(C)(C)C)ccc32)c1.[Pt+2]. The molecular weight excluding hydrogens is 796 g/mol. The van der Waals surface area contributed by atoms with Gasteiger partial charge in [-0.2, -0.15) is 11.2 Å². The summed E-state index contributed by atoms with van der Waals surface area (Å²) in [7, 11) is 0. The minimum absolute atomic E-state index is 0. The molecule has 4 aromatic carbocycles. The maximum Gasteiger partial charge on any atom is 2.00 e. The Kier molecular flexibility index (Phi) is 9.93. The summed E-state index contributed by atoms with van der Waals surface area (Å²) in [4.78, 5) is 4.79. The van der Waals surface area contributed by atoms with Gasteiger partial charge in [0.05, 0.1) is 5.69 Å². The number of nitrogens with zero attached hydrogens (tertiary/aromatic N) is 4. The van der Waals surface area contributed by atoms with Gasteiger partial charge in [-0.1, -0.05) is 82.6 Å². The Morgan fingerprint density at radius 3 is 2.32 bits per heavy atom. The molecule has 0 bridgehead atoms. The zero-order chi connectivity index (χ0) is 34.4. The molecule has 0 unspecified atom stereocenters. The minimum atomic E-state index is 0. The molecule has 0 N–H and O–H groups in total. The third-order valence-electron chi connectivity index (χ3n) is 9.33. The Bertz CT molecular complexity index is 2310. The fourth-order valence-corrected chi connectivity index (χ4v) is 6.66. The molecule has 0 aliphatic rings. The maximum atomic E-state index is 6.63. The molecule has 3 aromatic heterocycles. The Labute approximate surface area is 310 Å². The van der Waals surface area contributed by atoms with Gasteiger partial charge in [0.25, 0.3) is 0 Å². The molecule has 7 aromatic rings. The van der Waals surface area contributed by atoms with Crippen LogP contribution in [-0.2, 0) is 27.5 Å². The summed E-state index contributed by atoms with van der Waals surface area (Å²) in [6, 6.07) is 37.0. The van der Waals surface area contributed by atoms with Crippen molar-refractivity contribution < 1.29 is 25.8 Å². The predicted octanol–water partition coefficient (Wildman–Crippen LogP) is 11.4. The first-order valence-corrected chi connectivity index (χ1v) is 17.2. The van der Waals surface area contributed by atoms with E-state index in [9.17, 15) is 0 Å². The molecule has 0 aliphatic heterocycles. The second-order valence-electron chi connectivity index (χ2n) is 14.8. The predicted molar refractivity (Wildman–Crippen MR) is 201 cm³/mol. The first kappa shape index (κ1) is 35.4. The van der Waals surface area contributed by atoms with Crippen LogP contribution in [-0.4, -0.2) is 19.3 Å². The van der Waals surface area contributed by atoms with Gasteiger partial charge in [-0.15, -0.1) is 41.3 Å². The van der Waals surface area contributed by atoms with Gasteiger partial charge in [-0.25, -0.2) is 4.98 Å². The fourth-order valence-electron chi connectivity index (χ4n) is 6.66. The van der Waals surface area contributed by atoms with Crippen molar-refractivity contribution in [3.05, 3.63) is 131 Å².